The van der Waals surface area contributed by atoms with Gasteiger partial charge < -0.3 is 15.1 Å². The predicted molar refractivity (Wildman–Crippen MR) is 94.8 cm³/mol. The number of para-hydroxylation sites is 1. The monoisotopic (exact) mass is 327 g/mol. The van der Waals surface area contributed by atoms with Gasteiger partial charge in [0.15, 0.2) is 0 Å². The van der Waals surface area contributed by atoms with Gasteiger partial charge in [0.25, 0.3) is 0 Å². The molecule has 0 aliphatic carbocycles. The summed E-state index contributed by atoms with van der Waals surface area (Å²) < 4.78 is 0. The smallest absolute Gasteiger partial charge is 0.321 e. The highest BCUT2D eigenvalue weighted by atomic mass is 16.2. The van der Waals surface area contributed by atoms with Gasteiger partial charge in [-0.25, -0.2) is 4.79 Å². The number of benzene rings is 1. The van der Waals surface area contributed by atoms with Crippen molar-refractivity contribution in [1.29, 1.82) is 0 Å². The Morgan fingerprint density at radius 3 is 2.75 bits per heavy atom. The van der Waals surface area contributed by atoms with Gasteiger partial charge in [-0.3, -0.25) is 4.79 Å². The van der Waals surface area contributed by atoms with Crippen molar-refractivity contribution in [2.45, 2.75) is 37.6 Å². The zero-order valence-electron chi connectivity index (χ0n) is 14.0. The Bertz CT molecular complexity index is 612. The third-order valence-corrected chi connectivity index (χ3v) is 5.09. The van der Waals surface area contributed by atoms with Gasteiger partial charge in [0.1, 0.15) is 0 Å². The number of amides is 3. The Balaban J connectivity index is 1.74. The Labute approximate surface area is 143 Å². The van der Waals surface area contributed by atoms with Crippen LogP contribution in [0.4, 0.5) is 10.5 Å². The molecule has 2 heterocycles. The van der Waals surface area contributed by atoms with Crippen LogP contribution in [0.25, 0.3) is 0 Å². The molecule has 1 aromatic rings. The van der Waals surface area contributed by atoms with Gasteiger partial charge in [-0.15, -0.1) is 6.58 Å². The third-order valence-electron chi connectivity index (χ3n) is 5.09. The van der Waals surface area contributed by atoms with Gasteiger partial charge in [-0.1, -0.05) is 24.3 Å². The summed E-state index contributed by atoms with van der Waals surface area (Å²) in [5.41, 5.74) is 0.570. The van der Waals surface area contributed by atoms with E-state index in [4.69, 9.17) is 0 Å². The van der Waals surface area contributed by atoms with E-state index < -0.39 is 0 Å². The number of carbonyl (C=O) groups is 2. The molecule has 24 heavy (non-hydrogen) atoms. The Kier molecular flexibility index (Phi) is 4.88. The molecule has 1 N–H and O–H groups in total. The fourth-order valence-corrected chi connectivity index (χ4v) is 3.96. The number of urea groups is 1. The molecule has 1 aromatic carbocycles. The maximum atomic E-state index is 12.6. The van der Waals surface area contributed by atoms with E-state index in [-0.39, 0.29) is 17.5 Å². The average Bonchev–Trinajstić information content (AvgIpc) is 2.59. The number of likely N-dealkylation sites (tertiary alicyclic amines) is 2. The Morgan fingerprint density at radius 2 is 2.00 bits per heavy atom. The molecule has 1 spiro atoms. The maximum Gasteiger partial charge on any atom is 0.321 e. The molecule has 3 rings (SSSR count). The highest BCUT2D eigenvalue weighted by molar-refractivity contribution is 5.89. The number of rotatable bonds is 3. The van der Waals surface area contributed by atoms with Crippen molar-refractivity contribution in [3.05, 3.63) is 43.0 Å². The van der Waals surface area contributed by atoms with Gasteiger partial charge >= 0.3 is 6.03 Å². The lowest BCUT2D eigenvalue weighted by molar-refractivity contribution is -0.143. The fraction of sp³-hybridized carbons (Fsp3) is 0.474. The van der Waals surface area contributed by atoms with E-state index >= 15 is 0 Å². The summed E-state index contributed by atoms with van der Waals surface area (Å²) in [6.07, 6.45) is 6.13. The molecule has 5 nitrogen and oxygen atoms in total. The molecule has 2 saturated heterocycles. The van der Waals surface area contributed by atoms with Crippen LogP contribution in [0.3, 0.4) is 0 Å². The summed E-state index contributed by atoms with van der Waals surface area (Å²) in [6, 6.07) is 9.40. The molecular formula is C19H25N3O2. The van der Waals surface area contributed by atoms with Gasteiger partial charge in [-0.2, -0.15) is 0 Å². The SMILES string of the molecule is C=CCN1C(=O)CCC[C@]12CCCN(C(=O)Nc1ccccc1)C2. The van der Waals surface area contributed by atoms with Crippen molar-refractivity contribution in [3.8, 4) is 0 Å². The average molecular weight is 327 g/mol. The van der Waals surface area contributed by atoms with Crippen LogP contribution in [0.15, 0.2) is 43.0 Å². The molecule has 0 saturated carbocycles. The van der Waals surface area contributed by atoms with Gasteiger partial charge in [-0.05, 0) is 37.8 Å². The number of hydrogen-bond donors (Lipinski definition) is 1. The summed E-state index contributed by atoms with van der Waals surface area (Å²) in [7, 11) is 0. The van der Waals surface area contributed by atoms with Crippen LogP contribution >= 0.6 is 0 Å². The summed E-state index contributed by atoms with van der Waals surface area (Å²) >= 11 is 0. The first-order chi connectivity index (χ1) is 11.6. The van der Waals surface area contributed by atoms with Crippen molar-refractivity contribution in [2.75, 3.05) is 25.0 Å². The first-order valence-corrected chi connectivity index (χ1v) is 8.67. The Hall–Kier alpha value is -2.30. The molecule has 0 radical (unpaired) electrons. The van der Waals surface area contributed by atoms with E-state index in [1.54, 1.807) is 6.08 Å². The minimum atomic E-state index is -0.226. The van der Waals surface area contributed by atoms with E-state index in [0.717, 1.165) is 37.9 Å². The zero-order chi connectivity index (χ0) is 17.0. The van der Waals surface area contributed by atoms with E-state index in [0.29, 0.717) is 19.5 Å². The number of piperidine rings is 2. The van der Waals surface area contributed by atoms with Crippen LogP contribution in [0.5, 0.6) is 0 Å². The number of nitrogens with zero attached hydrogens (tertiary/aromatic N) is 2. The minimum Gasteiger partial charge on any atom is -0.332 e. The van der Waals surface area contributed by atoms with Crippen LogP contribution < -0.4 is 5.32 Å². The van der Waals surface area contributed by atoms with E-state index in [1.807, 2.05) is 40.1 Å². The largest absolute Gasteiger partial charge is 0.332 e. The van der Waals surface area contributed by atoms with Gasteiger partial charge in [0, 0.05) is 31.7 Å². The normalized spacial score (nSPS) is 24.1. The first kappa shape index (κ1) is 16.6. The summed E-state index contributed by atoms with van der Waals surface area (Å²) in [4.78, 5) is 28.8. The number of hydrogen-bond acceptors (Lipinski definition) is 2. The quantitative estimate of drug-likeness (QED) is 0.867. The highest BCUT2D eigenvalue weighted by Crippen LogP contribution is 2.36. The van der Waals surface area contributed by atoms with E-state index in [9.17, 15) is 9.59 Å². The first-order valence-electron chi connectivity index (χ1n) is 8.67. The van der Waals surface area contributed by atoms with Crippen LogP contribution in [-0.4, -0.2) is 46.9 Å². The molecule has 2 aliphatic heterocycles. The lowest BCUT2D eigenvalue weighted by Crippen LogP contribution is -2.63. The second kappa shape index (κ2) is 7.07. The second-order valence-electron chi connectivity index (χ2n) is 6.69. The number of nitrogens with one attached hydrogen (secondary N) is 1. The molecule has 2 aliphatic rings. The third kappa shape index (κ3) is 3.30. The van der Waals surface area contributed by atoms with Crippen molar-refractivity contribution in [3.63, 3.8) is 0 Å². The lowest BCUT2D eigenvalue weighted by atomic mass is 9.79. The van der Waals surface area contributed by atoms with E-state index in [2.05, 4.69) is 11.9 Å². The van der Waals surface area contributed by atoms with Crippen molar-refractivity contribution < 1.29 is 9.59 Å². The Morgan fingerprint density at radius 1 is 1.25 bits per heavy atom. The van der Waals surface area contributed by atoms with Crippen LogP contribution in [-0.2, 0) is 4.79 Å². The van der Waals surface area contributed by atoms with E-state index in [1.165, 1.54) is 0 Å². The standard InChI is InChI=1S/C19H25N3O2/c1-2-13-22-17(23)10-6-11-19(22)12-7-14-21(15-19)18(24)20-16-8-4-3-5-9-16/h2-5,8-9H,1,6-7,10-15H2,(H,20,24)/t19-/m1/s1. The molecule has 2 fully saturated rings. The van der Waals surface area contributed by atoms with Crippen molar-refractivity contribution in [1.82, 2.24) is 9.80 Å². The van der Waals surface area contributed by atoms with Crippen LogP contribution in [0.2, 0.25) is 0 Å². The molecule has 0 aromatic heterocycles. The highest BCUT2D eigenvalue weighted by Gasteiger charge is 2.45. The van der Waals surface area contributed by atoms with Crippen LogP contribution in [0, 0.1) is 0 Å². The maximum absolute atomic E-state index is 12.6. The predicted octanol–water partition coefficient (Wildman–Crippen LogP) is 3.25. The molecule has 128 valence electrons. The molecule has 0 unspecified atom stereocenters. The van der Waals surface area contributed by atoms with Crippen LogP contribution in [0.1, 0.15) is 32.1 Å². The lowest BCUT2D eigenvalue weighted by Gasteiger charge is -2.51. The molecule has 3 amide bonds. The molecule has 1 atom stereocenters. The van der Waals surface area contributed by atoms with Gasteiger partial charge in [0.2, 0.25) is 5.91 Å². The fourth-order valence-electron chi connectivity index (χ4n) is 3.96. The van der Waals surface area contributed by atoms with Gasteiger partial charge in [0.05, 0.1) is 5.54 Å². The minimum absolute atomic E-state index is 0.0862. The summed E-state index contributed by atoms with van der Waals surface area (Å²) in [5.74, 6) is 0.187. The second-order valence-corrected chi connectivity index (χ2v) is 6.69. The van der Waals surface area contributed by atoms with Crippen molar-refractivity contribution in [2.24, 2.45) is 0 Å². The topological polar surface area (TPSA) is 52.7 Å². The molecule has 5 heteroatoms. The number of anilines is 1. The molecular weight excluding hydrogens is 302 g/mol. The molecule has 0 bridgehead atoms. The summed E-state index contributed by atoms with van der Waals surface area (Å²) in [5, 5.41) is 2.96. The van der Waals surface area contributed by atoms with Crippen molar-refractivity contribution >= 4 is 17.6 Å². The zero-order valence-corrected chi connectivity index (χ0v) is 14.0. The summed E-state index contributed by atoms with van der Waals surface area (Å²) in [6.45, 7) is 5.69. The number of carbonyl (C=O) groups excluding carboxylic acids is 2.